The molecule has 11 heavy (non-hydrogen) atoms. The standard InChI is InChI=1S/C5H7N3O2S/c6-3(9)1-2-4(10)8-5(11)7-2/h2H,1H2,(H2,6,9)(H2,7,8,10,11)/t2-/m0/s1. The van der Waals surface area contributed by atoms with E-state index in [0.717, 1.165) is 0 Å². The highest BCUT2D eigenvalue weighted by molar-refractivity contribution is 7.80. The first-order valence-corrected chi connectivity index (χ1v) is 3.40. The normalized spacial score (nSPS) is 22.7. The molecule has 1 aliphatic rings. The molecule has 6 heteroatoms. The number of hydrogen-bond acceptors (Lipinski definition) is 3. The van der Waals surface area contributed by atoms with Crippen molar-refractivity contribution in [2.24, 2.45) is 5.73 Å². The number of thiocarbonyl (C=S) groups is 1. The Morgan fingerprint density at radius 3 is 2.73 bits per heavy atom. The molecule has 0 aliphatic carbocycles. The van der Waals surface area contributed by atoms with E-state index < -0.39 is 11.9 Å². The second kappa shape index (κ2) is 2.83. The number of rotatable bonds is 2. The third-order valence-corrected chi connectivity index (χ3v) is 1.48. The predicted molar refractivity (Wildman–Crippen MR) is 41.5 cm³/mol. The molecule has 0 aromatic rings. The second-order valence-electron chi connectivity index (χ2n) is 2.19. The smallest absolute Gasteiger partial charge is 0.249 e. The van der Waals surface area contributed by atoms with Crippen LogP contribution in [0.3, 0.4) is 0 Å². The lowest BCUT2D eigenvalue weighted by atomic mass is 10.2. The number of nitrogens with one attached hydrogen (secondary N) is 2. The van der Waals surface area contributed by atoms with Crippen LogP contribution in [0.15, 0.2) is 0 Å². The molecule has 4 N–H and O–H groups in total. The van der Waals surface area contributed by atoms with Gasteiger partial charge in [-0.2, -0.15) is 0 Å². The molecule has 1 atom stereocenters. The maximum absolute atomic E-state index is 10.9. The Morgan fingerprint density at radius 1 is 1.73 bits per heavy atom. The molecule has 1 saturated heterocycles. The van der Waals surface area contributed by atoms with Crippen LogP contribution >= 0.6 is 12.2 Å². The largest absolute Gasteiger partial charge is 0.370 e. The molecule has 0 saturated carbocycles. The van der Waals surface area contributed by atoms with Crippen LogP contribution in [-0.4, -0.2) is 23.0 Å². The lowest BCUT2D eigenvalue weighted by Crippen LogP contribution is -2.33. The van der Waals surface area contributed by atoms with Gasteiger partial charge in [-0.3, -0.25) is 9.59 Å². The van der Waals surface area contributed by atoms with Gasteiger partial charge in [0.15, 0.2) is 5.11 Å². The van der Waals surface area contributed by atoms with E-state index in [1.54, 1.807) is 0 Å². The van der Waals surface area contributed by atoms with Crippen LogP contribution in [0.2, 0.25) is 0 Å². The molecule has 0 spiro atoms. The van der Waals surface area contributed by atoms with E-state index in [2.05, 4.69) is 22.9 Å². The van der Waals surface area contributed by atoms with Crippen LogP contribution in [0.1, 0.15) is 6.42 Å². The molecule has 2 amide bonds. The molecule has 1 fully saturated rings. The van der Waals surface area contributed by atoms with Crippen molar-refractivity contribution >= 4 is 29.1 Å². The Balaban J connectivity index is 2.53. The van der Waals surface area contributed by atoms with Gasteiger partial charge in [-0.1, -0.05) is 0 Å². The van der Waals surface area contributed by atoms with Gasteiger partial charge in [0.1, 0.15) is 6.04 Å². The zero-order valence-corrected chi connectivity index (χ0v) is 6.40. The summed E-state index contributed by atoms with van der Waals surface area (Å²) in [6.07, 6.45) is -0.0219. The molecule has 1 heterocycles. The Bertz CT molecular complexity index is 228. The lowest BCUT2D eigenvalue weighted by molar-refractivity contribution is -0.124. The zero-order chi connectivity index (χ0) is 8.43. The number of nitrogens with two attached hydrogens (primary N) is 1. The summed E-state index contributed by atoms with van der Waals surface area (Å²) in [4.78, 5) is 21.2. The van der Waals surface area contributed by atoms with E-state index in [4.69, 9.17) is 5.73 Å². The van der Waals surface area contributed by atoms with Gasteiger partial charge in [0.05, 0.1) is 6.42 Å². The van der Waals surface area contributed by atoms with Gasteiger partial charge in [0.25, 0.3) is 0 Å². The van der Waals surface area contributed by atoms with Gasteiger partial charge in [-0.25, -0.2) is 0 Å². The Hall–Kier alpha value is -1.17. The third-order valence-electron chi connectivity index (χ3n) is 1.26. The minimum absolute atomic E-state index is 0.0219. The maximum atomic E-state index is 10.9. The molecule has 0 bridgehead atoms. The van der Waals surface area contributed by atoms with Crippen LogP contribution in [0.4, 0.5) is 0 Å². The van der Waals surface area contributed by atoms with Gasteiger partial charge < -0.3 is 16.4 Å². The summed E-state index contributed by atoms with van der Waals surface area (Å²) < 4.78 is 0. The summed E-state index contributed by atoms with van der Waals surface area (Å²) in [6, 6.07) is -0.583. The van der Waals surface area contributed by atoms with E-state index in [9.17, 15) is 9.59 Å². The predicted octanol–water partition coefficient (Wildman–Crippen LogP) is -1.77. The van der Waals surface area contributed by atoms with Crippen LogP contribution in [0.5, 0.6) is 0 Å². The van der Waals surface area contributed by atoms with Crippen LogP contribution < -0.4 is 16.4 Å². The number of carbonyl (C=O) groups is 2. The minimum Gasteiger partial charge on any atom is -0.370 e. The molecule has 60 valence electrons. The summed E-state index contributed by atoms with van der Waals surface area (Å²) >= 11 is 4.63. The van der Waals surface area contributed by atoms with Gasteiger partial charge in [-0.15, -0.1) is 0 Å². The minimum atomic E-state index is -0.583. The number of primary amides is 1. The van der Waals surface area contributed by atoms with Gasteiger partial charge in [0.2, 0.25) is 11.8 Å². The molecule has 0 aromatic heterocycles. The molecular formula is C5H7N3O2S. The summed E-state index contributed by atoms with van der Waals surface area (Å²) in [5.41, 5.74) is 4.88. The fourth-order valence-electron chi connectivity index (χ4n) is 0.804. The Kier molecular flexibility index (Phi) is 2.04. The highest BCUT2D eigenvalue weighted by atomic mass is 32.1. The first-order valence-electron chi connectivity index (χ1n) is 2.99. The molecule has 0 aromatic carbocycles. The van der Waals surface area contributed by atoms with Crippen molar-refractivity contribution in [2.45, 2.75) is 12.5 Å². The van der Waals surface area contributed by atoms with Crippen molar-refractivity contribution in [1.29, 1.82) is 0 Å². The van der Waals surface area contributed by atoms with Crippen molar-refractivity contribution in [3.05, 3.63) is 0 Å². The van der Waals surface area contributed by atoms with Crippen molar-refractivity contribution in [1.82, 2.24) is 10.6 Å². The van der Waals surface area contributed by atoms with E-state index in [1.807, 2.05) is 0 Å². The molecule has 0 unspecified atom stereocenters. The quantitative estimate of drug-likeness (QED) is 0.432. The van der Waals surface area contributed by atoms with Crippen LogP contribution in [0, 0.1) is 0 Å². The molecule has 1 rings (SSSR count). The maximum Gasteiger partial charge on any atom is 0.249 e. The Morgan fingerprint density at radius 2 is 2.36 bits per heavy atom. The first kappa shape index (κ1) is 7.93. The molecule has 5 nitrogen and oxygen atoms in total. The third kappa shape index (κ3) is 1.87. The van der Waals surface area contributed by atoms with E-state index in [0.29, 0.717) is 0 Å². The van der Waals surface area contributed by atoms with Crippen molar-refractivity contribution < 1.29 is 9.59 Å². The second-order valence-corrected chi connectivity index (χ2v) is 2.59. The average molecular weight is 173 g/mol. The number of carbonyl (C=O) groups excluding carboxylic acids is 2. The SMILES string of the molecule is NC(=O)C[C@@H]1NC(=S)NC1=O. The average Bonchev–Trinajstić information content (AvgIpc) is 2.09. The fourth-order valence-corrected chi connectivity index (χ4v) is 1.05. The van der Waals surface area contributed by atoms with E-state index >= 15 is 0 Å². The molecular weight excluding hydrogens is 166 g/mol. The fraction of sp³-hybridized carbons (Fsp3) is 0.400. The monoisotopic (exact) mass is 173 g/mol. The summed E-state index contributed by atoms with van der Waals surface area (Å²) in [6.45, 7) is 0. The zero-order valence-electron chi connectivity index (χ0n) is 5.59. The first-order chi connectivity index (χ1) is 5.09. The van der Waals surface area contributed by atoms with Crippen LogP contribution in [0.25, 0.3) is 0 Å². The van der Waals surface area contributed by atoms with Crippen molar-refractivity contribution in [3.63, 3.8) is 0 Å². The molecule has 0 radical (unpaired) electrons. The number of amides is 2. The van der Waals surface area contributed by atoms with Gasteiger partial charge in [-0.05, 0) is 12.2 Å². The summed E-state index contributed by atoms with van der Waals surface area (Å²) in [5, 5.41) is 5.20. The van der Waals surface area contributed by atoms with Gasteiger partial charge >= 0.3 is 0 Å². The van der Waals surface area contributed by atoms with Gasteiger partial charge in [0, 0.05) is 0 Å². The number of hydrogen-bond donors (Lipinski definition) is 3. The van der Waals surface area contributed by atoms with E-state index in [-0.39, 0.29) is 17.4 Å². The molecule has 1 aliphatic heterocycles. The summed E-state index contributed by atoms with van der Waals surface area (Å²) in [5.74, 6) is -0.823. The summed E-state index contributed by atoms with van der Waals surface area (Å²) in [7, 11) is 0. The lowest BCUT2D eigenvalue weighted by Gasteiger charge is -2.02. The highest BCUT2D eigenvalue weighted by Crippen LogP contribution is 1.97. The topological polar surface area (TPSA) is 84.2 Å². The highest BCUT2D eigenvalue weighted by Gasteiger charge is 2.27. The van der Waals surface area contributed by atoms with E-state index in [1.165, 1.54) is 0 Å². The van der Waals surface area contributed by atoms with Crippen molar-refractivity contribution in [3.8, 4) is 0 Å². The van der Waals surface area contributed by atoms with Crippen LogP contribution in [-0.2, 0) is 9.59 Å². The van der Waals surface area contributed by atoms with Crippen molar-refractivity contribution in [2.75, 3.05) is 0 Å². The Labute approximate surface area is 68.3 Å².